The van der Waals surface area contributed by atoms with Gasteiger partial charge in [0.05, 0.1) is 12.2 Å². The lowest BCUT2D eigenvalue weighted by Crippen LogP contribution is -2.37. The van der Waals surface area contributed by atoms with Crippen LogP contribution in [0.3, 0.4) is 0 Å². The Bertz CT molecular complexity index is 761. The number of rotatable bonds is 4. The van der Waals surface area contributed by atoms with Crippen molar-refractivity contribution in [3.8, 4) is 0 Å². The average Bonchev–Trinajstić information content (AvgIpc) is 3.03. The molecule has 0 saturated carbocycles. The third-order valence-electron chi connectivity index (χ3n) is 4.90. The van der Waals surface area contributed by atoms with E-state index in [2.05, 4.69) is 21.0 Å². The van der Waals surface area contributed by atoms with Gasteiger partial charge in [-0.2, -0.15) is 16.9 Å². The lowest BCUT2D eigenvalue weighted by Gasteiger charge is -2.25. The minimum absolute atomic E-state index is 0.0458. The number of thioether (sulfide) groups is 1. The Morgan fingerprint density at radius 2 is 2.33 bits per heavy atom. The lowest BCUT2D eigenvalue weighted by atomic mass is 10.2. The first-order valence-electron chi connectivity index (χ1n) is 8.60. The normalized spacial score (nSPS) is 20.9. The Balaban J connectivity index is 1.51. The molecule has 0 bridgehead atoms. The van der Waals surface area contributed by atoms with Crippen molar-refractivity contribution in [2.24, 2.45) is 0 Å². The van der Waals surface area contributed by atoms with Crippen LogP contribution in [-0.4, -0.2) is 38.0 Å². The highest BCUT2D eigenvalue weighted by molar-refractivity contribution is 7.98. The van der Waals surface area contributed by atoms with E-state index in [1.165, 1.54) is 12.0 Å². The van der Waals surface area contributed by atoms with Gasteiger partial charge in [-0.25, -0.2) is 4.68 Å². The minimum Gasteiger partial charge on any atom is -0.294 e. The molecule has 4 rings (SSSR count). The van der Waals surface area contributed by atoms with Gasteiger partial charge in [0, 0.05) is 43.2 Å². The van der Waals surface area contributed by atoms with E-state index in [1.807, 2.05) is 24.0 Å². The zero-order chi connectivity index (χ0) is 16.4. The van der Waals surface area contributed by atoms with Crippen LogP contribution >= 0.6 is 11.8 Å². The summed E-state index contributed by atoms with van der Waals surface area (Å²) in [6.45, 7) is 2.67. The third kappa shape index (κ3) is 3.39. The van der Waals surface area contributed by atoms with E-state index in [-0.39, 0.29) is 5.56 Å². The van der Waals surface area contributed by atoms with Gasteiger partial charge in [0.2, 0.25) is 0 Å². The van der Waals surface area contributed by atoms with E-state index in [0.717, 1.165) is 48.7 Å². The molecule has 5 nitrogen and oxygen atoms in total. The summed E-state index contributed by atoms with van der Waals surface area (Å²) in [5, 5.41) is 4.67. The van der Waals surface area contributed by atoms with Crippen LogP contribution in [0.5, 0.6) is 0 Å². The second-order valence-corrected chi connectivity index (χ2v) is 7.67. The van der Waals surface area contributed by atoms with Crippen molar-refractivity contribution in [1.29, 1.82) is 0 Å². The second-order valence-electron chi connectivity index (χ2n) is 6.57. The molecule has 24 heavy (non-hydrogen) atoms. The molecule has 1 unspecified atom stereocenters. The van der Waals surface area contributed by atoms with Crippen LogP contribution in [0.4, 0.5) is 0 Å². The number of pyridine rings is 1. The lowest BCUT2D eigenvalue weighted by molar-refractivity contribution is 0.216. The first kappa shape index (κ1) is 15.8. The molecule has 0 amide bonds. The van der Waals surface area contributed by atoms with Gasteiger partial charge in [0.1, 0.15) is 0 Å². The van der Waals surface area contributed by atoms with Gasteiger partial charge in [-0.3, -0.25) is 14.7 Å². The number of hydrogen-bond acceptors (Lipinski definition) is 5. The van der Waals surface area contributed by atoms with Gasteiger partial charge in [-0.05, 0) is 42.3 Å². The summed E-state index contributed by atoms with van der Waals surface area (Å²) >= 11 is 1.88. The maximum Gasteiger partial charge on any atom is 0.267 e. The SMILES string of the molecule is O=c1cc2c(nn1CC1CCCN1Cc1cccnc1)CCSC2. The van der Waals surface area contributed by atoms with Crippen LogP contribution in [0.25, 0.3) is 0 Å². The number of nitrogens with zero attached hydrogens (tertiary/aromatic N) is 4. The van der Waals surface area contributed by atoms with Crippen molar-refractivity contribution >= 4 is 11.8 Å². The summed E-state index contributed by atoms with van der Waals surface area (Å²) in [6, 6.07) is 6.28. The Kier molecular flexibility index (Phi) is 4.67. The molecule has 2 aromatic heterocycles. The highest BCUT2D eigenvalue weighted by Gasteiger charge is 2.26. The predicted octanol–water partition coefficient (Wildman–Crippen LogP) is 2.09. The summed E-state index contributed by atoms with van der Waals surface area (Å²) in [6.07, 6.45) is 7.02. The molecular weight excluding hydrogens is 320 g/mol. The minimum atomic E-state index is 0.0458. The molecule has 1 fully saturated rings. The van der Waals surface area contributed by atoms with Gasteiger partial charge in [0.25, 0.3) is 5.56 Å². The Morgan fingerprint density at radius 3 is 3.21 bits per heavy atom. The molecule has 126 valence electrons. The molecule has 0 N–H and O–H groups in total. The summed E-state index contributed by atoms with van der Waals surface area (Å²) in [4.78, 5) is 19.1. The van der Waals surface area contributed by atoms with E-state index in [4.69, 9.17) is 0 Å². The van der Waals surface area contributed by atoms with Crippen LogP contribution < -0.4 is 5.56 Å². The second kappa shape index (κ2) is 7.07. The van der Waals surface area contributed by atoms with Crippen molar-refractivity contribution in [3.05, 3.63) is 57.8 Å². The molecule has 1 saturated heterocycles. The number of fused-ring (bicyclic) bond motifs is 1. The highest BCUT2D eigenvalue weighted by atomic mass is 32.2. The Hall–Kier alpha value is -1.66. The van der Waals surface area contributed by atoms with Crippen LogP contribution in [0.2, 0.25) is 0 Å². The summed E-state index contributed by atoms with van der Waals surface area (Å²) in [5.41, 5.74) is 3.52. The third-order valence-corrected chi connectivity index (χ3v) is 5.90. The monoisotopic (exact) mass is 342 g/mol. The van der Waals surface area contributed by atoms with E-state index >= 15 is 0 Å². The van der Waals surface area contributed by atoms with E-state index in [1.54, 1.807) is 16.9 Å². The van der Waals surface area contributed by atoms with Crippen molar-refractivity contribution in [1.82, 2.24) is 19.7 Å². The quantitative estimate of drug-likeness (QED) is 0.852. The first-order valence-corrected chi connectivity index (χ1v) is 9.76. The highest BCUT2D eigenvalue weighted by Crippen LogP contribution is 2.23. The maximum absolute atomic E-state index is 12.4. The zero-order valence-corrected chi connectivity index (χ0v) is 14.5. The number of likely N-dealkylation sites (tertiary alicyclic amines) is 1. The molecule has 0 radical (unpaired) electrons. The number of aryl methyl sites for hydroxylation is 1. The van der Waals surface area contributed by atoms with Gasteiger partial charge >= 0.3 is 0 Å². The van der Waals surface area contributed by atoms with Crippen LogP contribution in [0.15, 0.2) is 35.4 Å². The van der Waals surface area contributed by atoms with Gasteiger partial charge in [-0.1, -0.05) is 6.07 Å². The molecule has 4 heterocycles. The van der Waals surface area contributed by atoms with Gasteiger partial charge in [0.15, 0.2) is 0 Å². The van der Waals surface area contributed by atoms with Gasteiger partial charge < -0.3 is 0 Å². The van der Waals surface area contributed by atoms with Crippen LogP contribution in [0, 0.1) is 0 Å². The average molecular weight is 342 g/mol. The van der Waals surface area contributed by atoms with E-state index in [9.17, 15) is 4.79 Å². The van der Waals surface area contributed by atoms with E-state index in [0.29, 0.717) is 12.6 Å². The van der Waals surface area contributed by atoms with Crippen molar-refractivity contribution in [2.75, 3.05) is 12.3 Å². The largest absolute Gasteiger partial charge is 0.294 e. The zero-order valence-electron chi connectivity index (χ0n) is 13.7. The molecule has 2 aliphatic heterocycles. The molecular formula is C18H22N4OS. The van der Waals surface area contributed by atoms with Crippen LogP contribution in [0.1, 0.15) is 29.7 Å². The number of aromatic nitrogens is 3. The summed E-state index contributed by atoms with van der Waals surface area (Å²) in [7, 11) is 0. The van der Waals surface area contributed by atoms with Crippen LogP contribution in [-0.2, 0) is 25.3 Å². The predicted molar refractivity (Wildman–Crippen MR) is 96.0 cm³/mol. The smallest absolute Gasteiger partial charge is 0.267 e. The molecule has 1 atom stereocenters. The fourth-order valence-electron chi connectivity index (χ4n) is 3.62. The molecule has 6 heteroatoms. The van der Waals surface area contributed by atoms with E-state index < -0.39 is 0 Å². The summed E-state index contributed by atoms with van der Waals surface area (Å²) in [5.74, 6) is 2.03. The van der Waals surface area contributed by atoms with Crippen molar-refractivity contribution in [2.45, 2.75) is 44.1 Å². The molecule has 2 aromatic rings. The standard InChI is InChI=1S/C18H22N4OS/c23-18-9-15-13-24-8-5-17(15)20-22(18)12-16-4-2-7-21(16)11-14-3-1-6-19-10-14/h1,3,6,9-10,16H,2,4-5,7-8,11-13H2. The fraction of sp³-hybridized carbons (Fsp3) is 0.500. The Labute approximate surface area is 146 Å². The number of hydrogen-bond donors (Lipinski definition) is 0. The molecule has 0 aliphatic carbocycles. The Morgan fingerprint density at radius 1 is 1.38 bits per heavy atom. The topological polar surface area (TPSA) is 51.0 Å². The summed E-state index contributed by atoms with van der Waals surface area (Å²) < 4.78 is 1.70. The van der Waals surface area contributed by atoms with Crippen molar-refractivity contribution < 1.29 is 0 Å². The molecule has 2 aliphatic rings. The van der Waals surface area contributed by atoms with Gasteiger partial charge in [-0.15, -0.1) is 0 Å². The maximum atomic E-state index is 12.4. The fourth-order valence-corrected chi connectivity index (χ4v) is 4.57. The molecule has 0 aromatic carbocycles. The van der Waals surface area contributed by atoms with Crippen molar-refractivity contribution in [3.63, 3.8) is 0 Å². The first-order chi connectivity index (χ1) is 11.8. The molecule has 0 spiro atoms.